The van der Waals surface area contributed by atoms with Crippen LogP contribution < -0.4 is 4.90 Å². The Morgan fingerprint density at radius 3 is 2.33 bits per heavy atom. The molecule has 1 aromatic heterocycles. The number of anilines is 1. The Labute approximate surface area is 161 Å². The highest BCUT2D eigenvalue weighted by molar-refractivity contribution is 5.79. The van der Waals surface area contributed by atoms with Gasteiger partial charge in [0.1, 0.15) is 5.60 Å². The number of carbonyl (C=O) groups excluding carboxylic acids is 1. The second kappa shape index (κ2) is 6.43. The van der Waals surface area contributed by atoms with Crippen LogP contribution in [0.1, 0.15) is 40.7 Å². The molecule has 0 radical (unpaired) electrons. The molecule has 2 aliphatic heterocycles. The molecule has 0 spiro atoms. The van der Waals surface area contributed by atoms with Crippen LogP contribution in [0.3, 0.4) is 0 Å². The fraction of sp³-hybridized carbons (Fsp3) is 0.619. The fourth-order valence-corrected chi connectivity index (χ4v) is 4.40. The Morgan fingerprint density at radius 2 is 1.74 bits per heavy atom. The summed E-state index contributed by atoms with van der Waals surface area (Å²) >= 11 is 0. The number of ether oxygens (including phenoxy) is 1. The Morgan fingerprint density at radius 1 is 1.11 bits per heavy atom. The highest BCUT2D eigenvalue weighted by Crippen LogP contribution is 2.36. The van der Waals surface area contributed by atoms with Gasteiger partial charge >= 0.3 is 6.09 Å². The van der Waals surface area contributed by atoms with E-state index in [1.54, 1.807) is 0 Å². The Kier molecular flexibility index (Phi) is 4.32. The van der Waals surface area contributed by atoms with Gasteiger partial charge in [-0.25, -0.2) is 9.78 Å². The van der Waals surface area contributed by atoms with Crippen LogP contribution in [0, 0.1) is 11.8 Å². The van der Waals surface area contributed by atoms with Crippen LogP contribution in [-0.4, -0.2) is 52.3 Å². The average molecular weight is 370 g/mol. The molecule has 0 N–H and O–H groups in total. The molecule has 6 nitrogen and oxygen atoms in total. The summed E-state index contributed by atoms with van der Waals surface area (Å²) in [6.07, 6.45) is -0.183. The number of likely N-dealkylation sites (tertiary alicyclic amines) is 1. The minimum absolute atomic E-state index is 0.183. The van der Waals surface area contributed by atoms with E-state index in [1.165, 1.54) is 5.52 Å². The van der Waals surface area contributed by atoms with Gasteiger partial charge in [-0.15, -0.1) is 0 Å². The lowest BCUT2D eigenvalue weighted by Gasteiger charge is -2.26. The molecule has 1 aromatic carbocycles. The van der Waals surface area contributed by atoms with E-state index in [4.69, 9.17) is 9.72 Å². The van der Waals surface area contributed by atoms with Crippen molar-refractivity contribution in [1.82, 2.24) is 14.5 Å². The summed E-state index contributed by atoms with van der Waals surface area (Å²) in [6, 6.07) is 8.70. The first kappa shape index (κ1) is 18.1. The standard InChI is InChI=1S/C21H30N4O2/c1-14(2)25-18-9-7-6-8-17(18)22-19(25)23-10-15-12-24(13-16(15)11-23)20(26)27-21(3,4)5/h6-9,14-16H,10-13H2,1-5H3. The molecular formula is C21H30N4O2. The zero-order valence-electron chi connectivity index (χ0n) is 17.0. The topological polar surface area (TPSA) is 50.6 Å². The third-order valence-electron chi connectivity index (χ3n) is 5.51. The van der Waals surface area contributed by atoms with E-state index in [0.29, 0.717) is 17.9 Å². The molecule has 0 bridgehead atoms. The second-order valence-corrected chi connectivity index (χ2v) is 9.17. The predicted molar refractivity (Wildman–Crippen MR) is 107 cm³/mol. The number of hydrogen-bond donors (Lipinski definition) is 0. The lowest BCUT2D eigenvalue weighted by atomic mass is 10.0. The monoisotopic (exact) mass is 370 g/mol. The lowest BCUT2D eigenvalue weighted by Crippen LogP contribution is -2.37. The summed E-state index contributed by atoms with van der Waals surface area (Å²) in [5.74, 6) is 2.03. The molecule has 146 valence electrons. The van der Waals surface area contributed by atoms with Gasteiger partial charge in [-0.1, -0.05) is 12.1 Å². The SMILES string of the molecule is CC(C)n1c(N2CC3CN(C(=O)OC(C)(C)C)CC3C2)nc2ccccc21. The highest BCUT2D eigenvalue weighted by atomic mass is 16.6. The van der Waals surface area contributed by atoms with Crippen LogP contribution in [0.25, 0.3) is 11.0 Å². The zero-order valence-corrected chi connectivity index (χ0v) is 17.0. The summed E-state index contributed by atoms with van der Waals surface area (Å²) in [7, 11) is 0. The number of fused-ring (bicyclic) bond motifs is 2. The van der Waals surface area contributed by atoms with Crippen LogP contribution in [-0.2, 0) is 4.74 Å². The van der Waals surface area contributed by atoms with Gasteiger partial charge in [-0.3, -0.25) is 0 Å². The Balaban J connectivity index is 1.51. The number of para-hydroxylation sites is 2. The zero-order chi connectivity index (χ0) is 19.3. The molecular weight excluding hydrogens is 340 g/mol. The van der Waals surface area contributed by atoms with Crippen molar-refractivity contribution in [2.45, 2.75) is 46.3 Å². The van der Waals surface area contributed by atoms with Gasteiger partial charge in [0, 0.05) is 44.1 Å². The van der Waals surface area contributed by atoms with Crippen molar-refractivity contribution >= 4 is 23.1 Å². The number of nitrogens with zero attached hydrogens (tertiary/aromatic N) is 4. The van der Waals surface area contributed by atoms with Crippen molar-refractivity contribution in [3.8, 4) is 0 Å². The number of amides is 1. The van der Waals surface area contributed by atoms with Gasteiger partial charge < -0.3 is 19.1 Å². The summed E-state index contributed by atoms with van der Waals surface area (Å²) in [5.41, 5.74) is 1.80. The third kappa shape index (κ3) is 3.37. The molecule has 1 amide bonds. The molecule has 0 aliphatic carbocycles. The van der Waals surface area contributed by atoms with E-state index < -0.39 is 5.60 Å². The predicted octanol–water partition coefficient (Wildman–Crippen LogP) is 3.92. The summed E-state index contributed by atoms with van der Waals surface area (Å²) < 4.78 is 7.88. The Bertz CT molecular complexity index is 837. The summed E-state index contributed by atoms with van der Waals surface area (Å²) in [4.78, 5) is 21.6. The fourth-order valence-electron chi connectivity index (χ4n) is 4.40. The average Bonchev–Trinajstić information content (AvgIpc) is 3.23. The van der Waals surface area contributed by atoms with Gasteiger partial charge in [0.05, 0.1) is 11.0 Å². The molecule has 2 atom stereocenters. The number of benzene rings is 1. The van der Waals surface area contributed by atoms with Gasteiger partial charge in [0.2, 0.25) is 5.95 Å². The van der Waals surface area contributed by atoms with Crippen molar-refractivity contribution < 1.29 is 9.53 Å². The molecule has 2 unspecified atom stereocenters. The van der Waals surface area contributed by atoms with Gasteiger partial charge in [0.25, 0.3) is 0 Å². The van der Waals surface area contributed by atoms with E-state index in [9.17, 15) is 4.79 Å². The van der Waals surface area contributed by atoms with E-state index in [-0.39, 0.29) is 6.09 Å². The van der Waals surface area contributed by atoms with Crippen molar-refractivity contribution in [3.05, 3.63) is 24.3 Å². The van der Waals surface area contributed by atoms with Gasteiger partial charge in [-0.2, -0.15) is 0 Å². The quantitative estimate of drug-likeness (QED) is 0.804. The van der Waals surface area contributed by atoms with Gasteiger partial charge in [0.15, 0.2) is 0 Å². The highest BCUT2D eigenvalue weighted by Gasteiger charge is 2.43. The molecule has 4 rings (SSSR count). The Hall–Kier alpha value is -2.24. The van der Waals surface area contributed by atoms with Crippen LogP contribution >= 0.6 is 0 Å². The molecule has 0 saturated carbocycles. The van der Waals surface area contributed by atoms with Crippen LogP contribution in [0.5, 0.6) is 0 Å². The minimum Gasteiger partial charge on any atom is -0.444 e. The maximum absolute atomic E-state index is 12.4. The number of hydrogen-bond acceptors (Lipinski definition) is 4. The second-order valence-electron chi connectivity index (χ2n) is 9.17. The van der Waals surface area contributed by atoms with E-state index in [1.807, 2.05) is 31.7 Å². The molecule has 6 heteroatoms. The van der Waals surface area contributed by atoms with Crippen molar-refractivity contribution in [1.29, 1.82) is 0 Å². The molecule has 2 aliphatic rings. The van der Waals surface area contributed by atoms with Crippen molar-refractivity contribution in [2.24, 2.45) is 11.8 Å². The molecule has 2 fully saturated rings. The van der Waals surface area contributed by atoms with Crippen LogP contribution in [0.2, 0.25) is 0 Å². The first-order chi connectivity index (χ1) is 12.7. The summed E-state index contributed by atoms with van der Waals surface area (Å²) in [5, 5.41) is 0. The smallest absolute Gasteiger partial charge is 0.410 e. The number of aromatic nitrogens is 2. The number of rotatable bonds is 2. The molecule has 2 aromatic rings. The van der Waals surface area contributed by atoms with Crippen LogP contribution in [0.4, 0.5) is 10.7 Å². The largest absolute Gasteiger partial charge is 0.444 e. The first-order valence-corrected chi connectivity index (χ1v) is 9.93. The summed E-state index contributed by atoms with van der Waals surface area (Å²) in [6.45, 7) is 13.6. The van der Waals surface area contributed by atoms with E-state index >= 15 is 0 Å². The molecule has 3 heterocycles. The first-order valence-electron chi connectivity index (χ1n) is 9.93. The number of imidazole rings is 1. The van der Waals surface area contributed by atoms with E-state index in [0.717, 1.165) is 37.6 Å². The normalized spacial score (nSPS) is 22.7. The van der Waals surface area contributed by atoms with Crippen molar-refractivity contribution in [2.75, 3.05) is 31.1 Å². The third-order valence-corrected chi connectivity index (χ3v) is 5.51. The van der Waals surface area contributed by atoms with Gasteiger partial charge in [-0.05, 0) is 46.8 Å². The molecule has 2 saturated heterocycles. The molecule has 27 heavy (non-hydrogen) atoms. The lowest BCUT2D eigenvalue weighted by molar-refractivity contribution is 0.0282. The maximum atomic E-state index is 12.4. The van der Waals surface area contributed by atoms with Crippen LogP contribution in [0.15, 0.2) is 24.3 Å². The van der Waals surface area contributed by atoms with Crippen molar-refractivity contribution in [3.63, 3.8) is 0 Å². The number of carbonyl (C=O) groups is 1. The minimum atomic E-state index is -0.442. The maximum Gasteiger partial charge on any atom is 0.410 e. The van der Waals surface area contributed by atoms with E-state index in [2.05, 4.69) is 41.5 Å².